The highest BCUT2D eigenvalue weighted by Crippen LogP contribution is 2.22. The molecule has 0 spiro atoms. The summed E-state index contributed by atoms with van der Waals surface area (Å²) in [6, 6.07) is 16.6. The van der Waals surface area contributed by atoms with Crippen molar-refractivity contribution in [3.05, 3.63) is 71.3 Å². The first-order chi connectivity index (χ1) is 12.8. The van der Waals surface area contributed by atoms with Crippen molar-refractivity contribution >= 4 is 17.8 Å². The van der Waals surface area contributed by atoms with E-state index in [1.807, 2.05) is 42.5 Å². The van der Waals surface area contributed by atoms with Gasteiger partial charge < -0.3 is 4.74 Å². The molecule has 0 bridgehead atoms. The Kier molecular flexibility index (Phi) is 6.88. The fourth-order valence-corrected chi connectivity index (χ4v) is 2.47. The van der Waals surface area contributed by atoms with E-state index in [2.05, 4.69) is 26.1 Å². The van der Waals surface area contributed by atoms with Crippen LogP contribution in [0.5, 0.6) is 0 Å². The van der Waals surface area contributed by atoms with Crippen LogP contribution in [0.15, 0.2) is 54.6 Å². The third-order valence-corrected chi connectivity index (χ3v) is 4.09. The van der Waals surface area contributed by atoms with Crippen molar-refractivity contribution in [2.45, 2.75) is 39.0 Å². The Hall–Kier alpha value is -2.95. The predicted octanol–water partition coefficient (Wildman–Crippen LogP) is 3.42. The molecule has 142 valence electrons. The zero-order chi connectivity index (χ0) is 19.9. The van der Waals surface area contributed by atoms with Gasteiger partial charge in [-0.15, -0.1) is 0 Å². The summed E-state index contributed by atoms with van der Waals surface area (Å²) in [4.78, 5) is 35.6. The molecule has 27 heavy (non-hydrogen) atoms. The van der Waals surface area contributed by atoms with Gasteiger partial charge in [-0.05, 0) is 35.1 Å². The number of esters is 1. The van der Waals surface area contributed by atoms with Crippen LogP contribution in [0, 0.1) is 0 Å². The lowest BCUT2D eigenvalue weighted by atomic mass is 9.87. The number of amides is 2. The Morgan fingerprint density at radius 3 is 2.15 bits per heavy atom. The summed E-state index contributed by atoms with van der Waals surface area (Å²) in [5.74, 6) is -1.63. The number of rotatable bonds is 6. The summed E-state index contributed by atoms with van der Waals surface area (Å²) in [6.45, 7) is 5.77. The molecule has 0 aliphatic rings. The predicted molar refractivity (Wildman–Crippen MR) is 103 cm³/mol. The summed E-state index contributed by atoms with van der Waals surface area (Å²) in [6.07, 6.45) is 0.722. The van der Waals surface area contributed by atoms with Gasteiger partial charge in [-0.2, -0.15) is 0 Å². The zero-order valence-corrected chi connectivity index (χ0v) is 16.0. The van der Waals surface area contributed by atoms with Gasteiger partial charge in [0.25, 0.3) is 11.8 Å². The fraction of sp³-hybridized carbons (Fsp3) is 0.318. The summed E-state index contributed by atoms with van der Waals surface area (Å²) in [7, 11) is 0. The Bertz CT molecular complexity index is 789. The lowest BCUT2D eigenvalue weighted by Gasteiger charge is -2.18. The number of imide groups is 1. The van der Waals surface area contributed by atoms with Crippen molar-refractivity contribution in [3.8, 4) is 0 Å². The van der Waals surface area contributed by atoms with Gasteiger partial charge in [-0.1, -0.05) is 63.2 Å². The molecule has 0 saturated heterocycles. The summed E-state index contributed by atoms with van der Waals surface area (Å²) in [5, 5.41) is 2.23. The first-order valence-electron chi connectivity index (χ1n) is 8.90. The number of carbonyl (C=O) groups excluding carboxylic acids is 3. The zero-order valence-electron chi connectivity index (χ0n) is 16.0. The first-order valence-corrected chi connectivity index (χ1v) is 8.90. The van der Waals surface area contributed by atoms with Gasteiger partial charge in [0, 0.05) is 12.0 Å². The summed E-state index contributed by atoms with van der Waals surface area (Å²) < 4.78 is 4.92. The molecule has 2 rings (SSSR count). The number of hydrogen-bond acceptors (Lipinski definition) is 4. The van der Waals surface area contributed by atoms with Crippen molar-refractivity contribution in [1.82, 2.24) is 5.32 Å². The van der Waals surface area contributed by atoms with Gasteiger partial charge in [0.2, 0.25) is 0 Å². The number of nitrogens with one attached hydrogen (secondary N) is 1. The third-order valence-electron chi connectivity index (χ3n) is 4.09. The molecule has 0 radical (unpaired) electrons. The largest absolute Gasteiger partial charge is 0.456 e. The number of benzene rings is 2. The van der Waals surface area contributed by atoms with Crippen molar-refractivity contribution in [2.24, 2.45) is 0 Å². The van der Waals surface area contributed by atoms with Crippen LogP contribution >= 0.6 is 0 Å². The average molecular weight is 367 g/mol. The van der Waals surface area contributed by atoms with Crippen molar-refractivity contribution in [2.75, 3.05) is 6.61 Å². The van der Waals surface area contributed by atoms with E-state index in [1.165, 1.54) is 0 Å². The van der Waals surface area contributed by atoms with Crippen LogP contribution in [0.3, 0.4) is 0 Å². The lowest BCUT2D eigenvalue weighted by Crippen LogP contribution is -2.34. The normalized spacial score (nSPS) is 10.9. The van der Waals surface area contributed by atoms with Crippen molar-refractivity contribution < 1.29 is 19.1 Å². The molecule has 1 N–H and O–H groups in total. The molecule has 0 aromatic heterocycles. The summed E-state index contributed by atoms with van der Waals surface area (Å²) in [5.41, 5.74) is 2.48. The second-order valence-corrected chi connectivity index (χ2v) is 7.35. The SMILES string of the molecule is CC(C)(C)c1ccc(C(=O)NC(=O)COC(=O)CCc2ccccc2)cc1. The highest BCUT2D eigenvalue weighted by Gasteiger charge is 2.16. The second-order valence-electron chi connectivity index (χ2n) is 7.35. The van der Waals surface area contributed by atoms with Gasteiger partial charge in [0.15, 0.2) is 6.61 Å². The number of aryl methyl sites for hydroxylation is 1. The number of carbonyl (C=O) groups is 3. The molecule has 0 fully saturated rings. The minimum absolute atomic E-state index is 0.0151. The van der Waals surface area contributed by atoms with Gasteiger partial charge in [0.1, 0.15) is 0 Å². The molecule has 2 aromatic carbocycles. The highest BCUT2D eigenvalue weighted by molar-refractivity contribution is 6.05. The van der Waals surface area contributed by atoms with Crippen LogP contribution in [0.2, 0.25) is 0 Å². The lowest BCUT2D eigenvalue weighted by molar-refractivity contribution is -0.148. The molecule has 0 unspecified atom stereocenters. The molecule has 2 aromatic rings. The van der Waals surface area contributed by atoms with Crippen LogP contribution in [-0.4, -0.2) is 24.4 Å². The quantitative estimate of drug-likeness (QED) is 0.794. The van der Waals surface area contributed by atoms with E-state index in [0.717, 1.165) is 11.1 Å². The second kappa shape index (κ2) is 9.12. The fourth-order valence-electron chi connectivity index (χ4n) is 2.47. The van der Waals surface area contributed by atoms with E-state index in [9.17, 15) is 14.4 Å². The molecule has 0 aliphatic carbocycles. The molecule has 5 heteroatoms. The Morgan fingerprint density at radius 2 is 1.56 bits per heavy atom. The van der Waals surface area contributed by atoms with Crippen molar-refractivity contribution in [1.29, 1.82) is 0 Å². The van der Waals surface area contributed by atoms with Crippen LogP contribution in [0.25, 0.3) is 0 Å². The molecular formula is C22H25NO4. The van der Waals surface area contributed by atoms with E-state index in [0.29, 0.717) is 12.0 Å². The van der Waals surface area contributed by atoms with Gasteiger partial charge in [-0.3, -0.25) is 19.7 Å². The minimum atomic E-state index is -0.645. The van der Waals surface area contributed by atoms with Gasteiger partial charge >= 0.3 is 5.97 Å². The maximum atomic E-state index is 12.1. The Morgan fingerprint density at radius 1 is 0.926 bits per heavy atom. The first kappa shape index (κ1) is 20.4. The number of hydrogen-bond donors (Lipinski definition) is 1. The maximum absolute atomic E-state index is 12.1. The van der Waals surface area contributed by atoms with E-state index in [-0.39, 0.29) is 11.8 Å². The van der Waals surface area contributed by atoms with Crippen molar-refractivity contribution in [3.63, 3.8) is 0 Å². The van der Waals surface area contributed by atoms with Gasteiger partial charge in [0.05, 0.1) is 0 Å². The van der Waals surface area contributed by atoms with Gasteiger partial charge in [-0.25, -0.2) is 0 Å². The van der Waals surface area contributed by atoms with Crippen LogP contribution in [0.4, 0.5) is 0 Å². The monoisotopic (exact) mass is 367 g/mol. The number of ether oxygens (including phenoxy) is 1. The minimum Gasteiger partial charge on any atom is -0.456 e. The molecule has 0 aliphatic heterocycles. The Balaban J connectivity index is 1.76. The molecule has 2 amide bonds. The third kappa shape index (κ3) is 6.70. The molecular weight excluding hydrogens is 342 g/mol. The molecule has 5 nitrogen and oxygen atoms in total. The van der Waals surface area contributed by atoms with Crippen LogP contribution in [0.1, 0.15) is 48.7 Å². The molecule has 0 saturated carbocycles. The topological polar surface area (TPSA) is 72.5 Å². The van der Waals surface area contributed by atoms with E-state index < -0.39 is 24.4 Å². The smallest absolute Gasteiger partial charge is 0.306 e. The van der Waals surface area contributed by atoms with E-state index >= 15 is 0 Å². The van der Waals surface area contributed by atoms with E-state index in [1.54, 1.807) is 12.1 Å². The van der Waals surface area contributed by atoms with Crippen LogP contribution in [-0.2, 0) is 26.2 Å². The van der Waals surface area contributed by atoms with Crippen LogP contribution < -0.4 is 5.32 Å². The Labute approximate surface area is 159 Å². The average Bonchev–Trinajstić information content (AvgIpc) is 2.65. The molecule has 0 heterocycles. The molecule has 0 atom stereocenters. The highest BCUT2D eigenvalue weighted by atomic mass is 16.5. The standard InChI is InChI=1S/C22H25NO4/c1-22(2,3)18-12-10-17(11-13-18)21(26)23-19(24)15-27-20(25)14-9-16-7-5-4-6-8-16/h4-8,10-13H,9,14-15H2,1-3H3,(H,23,24,26). The summed E-state index contributed by atoms with van der Waals surface area (Å²) >= 11 is 0. The maximum Gasteiger partial charge on any atom is 0.306 e. The van der Waals surface area contributed by atoms with E-state index in [4.69, 9.17) is 4.74 Å².